The standard InChI is InChI=1S/C15H20N2O2/c1-17-7-6-13(11-17)10-16-9-12-4-5-14(18-2)15(8-12)19-3/h4-8,11,16H,9-10H2,1-3H3. The average molecular weight is 260 g/mol. The van der Waals surface area contributed by atoms with E-state index >= 15 is 0 Å². The van der Waals surface area contributed by atoms with Gasteiger partial charge in [-0.1, -0.05) is 6.07 Å². The van der Waals surface area contributed by atoms with Gasteiger partial charge in [0.2, 0.25) is 0 Å². The van der Waals surface area contributed by atoms with Crippen molar-refractivity contribution in [2.45, 2.75) is 13.1 Å². The Labute approximate surface area is 114 Å². The Morgan fingerprint density at radius 2 is 1.74 bits per heavy atom. The van der Waals surface area contributed by atoms with Crippen LogP contribution in [0.4, 0.5) is 0 Å². The topological polar surface area (TPSA) is 35.4 Å². The van der Waals surface area contributed by atoms with Gasteiger partial charge in [-0.3, -0.25) is 0 Å². The molecule has 0 aliphatic heterocycles. The van der Waals surface area contributed by atoms with Crippen LogP contribution in [0.5, 0.6) is 11.5 Å². The van der Waals surface area contributed by atoms with Crippen molar-refractivity contribution >= 4 is 0 Å². The molecule has 4 heteroatoms. The summed E-state index contributed by atoms with van der Waals surface area (Å²) in [5.41, 5.74) is 2.46. The number of nitrogens with one attached hydrogen (secondary N) is 1. The van der Waals surface area contributed by atoms with Gasteiger partial charge in [0.05, 0.1) is 14.2 Å². The average Bonchev–Trinajstić information content (AvgIpc) is 2.84. The molecule has 2 aromatic rings. The number of aromatic nitrogens is 1. The van der Waals surface area contributed by atoms with Gasteiger partial charge in [-0.05, 0) is 29.3 Å². The zero-order chi connectivity index (χ0) is 13.7. The van der Waals surface area contributed by atoms with Crippen molar-refractivity contribution < 1.29 is 9.47 Å². The molecule has 0 amide bonds. The molecule has 0 aliphatic carbocycles. The Morgan fingerprint density at radius 1 is 1.00 bits per heavy atom. The second-order valence-electron chi connectivity index (χ2n) is 4.48. The van der Waals surface area contributed by atoms with Crippen LogP contribution in [0, 0.1) is 0 Å². The first kappa shape index (κ1) is 13.5. The zero-order valence-corrected chi connectivity index (χ0v) is 11.6. The molecule has 0 atom stereocenters. The van der Waals surface area contributed by atoms with Crippen molar-refractivity contribution in [2.75, 3.05) is 14.2 Å². The number of benzene rings is 1. The fraction of sp³-hybridized carbons (Fsp3) is 0.333. The highest BCUT2D eigenvalue weighted by molar-refractivity contribution is 5.42. The van der Waals surface area contributed by atoms with Gasteiger partial charge in [0.25, 0.3) is 0 Å². The number of nitrogens with zero attached hydrogens (tertiary/aromatic N) is 1. The van der Waals surface area contributed by atoms with Crippen LogP contribution >= 0.6 is 0 Å². The van der Waals surface area contributed by atoms with Crippen molar-refractivity contribution in [3.63, 3.8) is 0 Å². The predicted molar refractivity (Wildman–Crippen MR) is 75.5 cm³/mol. The molecule has 0 saturated carbocycles. The maximum atomic E-state index is 5.29. The van der Waals surface area contributed by atoms with Crippen LogP contribution in [-0.4, -0.2) is 18.8 Å². The minimum absolute atomic E-state index is 0.759. The molecule has 102 valence electrons. The highest BCUT2D eigenvalue weighted by atomic mass is 16.5. The third-order valence-corrected chi connectivity index (χ3v) is 3.00. The first-order valence-corrected chi connectivity index (χ1v) is 6.25. The lowest BCUT2D eigenvalue weighted by molar-refractivity contribution is 0.354. The molecule has 1 heterocycles. The summed E-state index contributed by atoms with van der Waals surface area (Å²) >= 11 is 0. The van der Waals surface area contributed by atoms with Crippen molar-refractivity contribution in [1.29, 1.82) is 0 Å². The smallest absolute Gasteiger partial charge is 0.161 e. The van der Waals surface area contributed by atoms with Crippen molar-refractivity contribution in [3.8, 4) is 11.5 Å². The van der Waals surface area contributed by atoms with Crippen molar-refractivity contribution in [1.82, 2.24) is 9.88 Å². The highest BCUT2D eigenvalue weighted by Crippen LogP contribution is 2.27. The van der Waals surface area contributed by atoms with E-state index in [1.165, 1.54) is 11.1 Å². The molecule has 19 heavy (non-hydrogen) atoms. The van der Waals surface area contributed by atoms with Crippen molar-refractivity contribution in [3.05, 3.63) is 47.8 Å². The van der Waals surface area contributed by atoms with Gasteiger partial charge in [0, 0.05) is 32.5 Å². The first-order chi connectivity index (χ1) is 9.22. The molecule has 1 aromatic heterocycles. The number of rotatable bonds is 6. The lowest BCUT2D eigenvalue weighted by Gasteiger charge is -2.10. The van der Waals surface area contributed by atoms with E-state index in [-0.39, 0.29) is 0 Å². The minimum Gasteiger partial charge on any atom is -0.493 e. The van der Waals surface area contributed by atoms with Gasteiger partial charge in [0.15, 0.2) is 11.5 Å². The summed E-state index contributed by atoms with van der Waals surface area (Å²) in [5, 5.41) is 3.41. The molecule has 1 aromatic carbocycles. The second-order valence-corrected chi connectivity index (χ2v) is 4.48. The number of hydrogen-bond donors (Lipinski definition) is 1. The normalized spacial score (nSPS) is 10.5. The molecule has 0 unspecified atom stereocenters. The van der Waals surface area contributed by atoms with E-state index in [1.807, 2.05) is 36.0 Å². The van der Waals surface area contributed by atoms with Crippen LogP contribution in [0.25, 0.3) is 0 Å². The lowest BCUT2D eigenvalue weighted by Crippen LogP contribution is -2.12. The van der Waals surface area contributed by atoms with Gasteiger partial charge >= 0.3 is 0 Å². The number of methoxy groups -OCH3 is 2. The molecule has 0 fully saturated rings. The van der Waals surface area contributed by atoms with E-state index in [2.05, 4.69) is 17.6 Å². The largest absolute Gasteiger partial charge is 0.493 e. The monoisotopic (exact) mass is 260 g/mol. The summed E-state index contributed by atoms with van der Waals surface area (Å²) in [4.78, 5) is 0. The Kier molecular flexibility index (Phi) is 4.47. The van der Waals surface area contributed by atoms with Gasteiger partial charge in [-0.15, -0.1) is 0 Å². The summed E-state index contributed by atoms with van der Waals surface area (Å²) in [6, 6.07) is 8.08. The Morgan fingerprint density at radius 3 is 2.37 bits per heavy atom. The van der Waals surface area contributed by atoms with Crippen LogP contribution in [0.15, 0.2) is 36.7 Å². The molecular formula is C15H20N2O2. The van der Waals surface area contributed by atoms with Crippen molar-refractivity contribution in [2.24, 2.45) is 7.05 Å². The van der Waals surface area contributed by atoms with E-state index in [0.717, 1.165) is 24.6 Å². The van der Waals surface area contributed by atoms with Crippen LogP contribution in [0.2, 0.25) is 0 Å². The Hall–Kier alpha value is -1.94. The molecule has 0 bridgehead atoms. The second kappa shape index (κ2) is 6.29. The molecule has 4 nitrogen and oxygen atoms in total. The van der Waals surface area contributed by atoms with Crippen LogP contribution in [0.3, 0.4) is 0 Å². The molecule has 2 rings (SSSR count). The van der Waals surface area contributed by atoms with E-state index in [1.54, 1.807) is 14.2 Å². The maximum absolute atomic E-state index is 5.29. The molecule has 0 saturated heterocycles. The van der Waals surface area contributed by atoms with Gasteiger partial charge in [-0.25, -0.2) is 0 Å². The van der Waals surface area contributed by atoms with E-state index in [4.69, 9.17) is 9.47 Å². The molecule has 0 aliphatic rings. The lowest BCUT2D eigenvalue weighted by atomic mass is 10.2. The third kappa shape index (κ3) is 3.51. The van der Waals surface area contributed by atoms with E-state index < -0.39 is 0 Å². The summed E-state index contributed by atoms with van der Waals surface area (Å²) < 4.78 is 12.6. The molecule has 1 N–H and O–H groups in total. The minimum atomic E-state index is 0.759. The fourth-order valence-electron chi connectivity index (χ4n) is 2.01. The fourth-order valence-corrected chi connectivity index (χ4v) is 2.01. The molecule has 0 radical (unpaired) electrons. The van der Waals surface area contributed by atoms with Gasteiger partial charge in [-0.2, -0.15) is 0 Å². The Bertz CT molecular complexity index is 535. The Balaban J connectivity index is 1.92. The maximum Gasteiger partial charge on any atom is 0.161 e. The van der Waals surface area contributed by atoms with Crippen LogP contribution in [0.1, 0.15) is 11.1 Å². The van der Waals surface area contributed by atoms with E-state index in [0.29, 0.717) is 0 Å². The van der Waals surface area contributed by atoms with Gasteiger partial charge in [0.1, 0.15) is 0 Å². The van der Waals surface area contributed by atoms with E-state index in [9.17, 15) is 0 Å². The number of ether oxygens (including phenoxy) is 2. The quantitative estimate of drug-likeness (QED) is 0.866. The number of aryl methyl sites for hydroxylation is 1. The summed E-state index contributed by atoms with van der Waals surface area (Å²) in [6.07, 6.45) is 4.16. The first-order valence-electron chi connectivity index (χ1n) is 6.25. The highest BCUT2D eigenvalue weighted by Gasteiger charge is 2.04. The number of hydrogen-bond acceptors (Lipinski definition) is 3. The SMILES string of the molecule is COc1ccc(CNCc2ccn(C)c2)cc1OC. The molecular weight excluding hydrogens is 240 g/mol. The predicted octanol–water partition coefficient (Wildman–Crippen LogP) is 2.33. The summed E-state index contributed by atoms with van der Waals surface area (Å²) in [7, 11) is 5.32. The summed E-state index contributed by atoms with van der Waals surface area (Å²) in [6.45, 7) is 1.66. The molecule has 0 spiro atoms. The summed E-state index contributed by atoms with van der Waals surface area (Å²) in [5.74, 6) is 1.52. The van der Waals surface area contributed by atoms with Gasteiger partial charge < -0.3 is 19.4 Å². The zero-order valence-electron chi connectivity index (χ0n) is 11.6. The van der Waals surface area contributed by atoms with Crippen LogP contribution in [-0.2, 0) is 20.1 Å². The van der Waals surface area contributed by atoms with Crippen LogP contribution < -0.4 is 14.8 Å². The third-order valence-electron chi connectivity index (χ3n) is 3.00.